The van der Waals surface area contributed by atoms with Crippen LogP contribution >= 0.6 is 11.6 Å². The standard InChI is InChI=1S/C16H22BClN2O4/c1-16(2,3)24-15(22)20-10(7-8-13(19)21)9-23-12-6-4-5-11(17)14(12)18/h4-6,10H,7-9H2,1-3H3,(H2,19,21)(H,20,22). The van der Waals surface area contributed by atoms with Gasteiger partial charge in [0, 0.05) is 6.42 Å². The molecule has 0 aromatic heterocycles. The van der Waals surface area contributed by atoms with E-state index in [2.05, 4.69) is 5.32 Å². The first-order chi connectivity index (χ1) is 11.1. The summed E-state index contributed by atoms with van der Waals surface area (Å²) in [6.07, 6.45) is -0.178. The lowest BCUT2D eigenvalue weighted by molar-refractivity contribution is -0.118. The second-order valence-corrected chi connectivity index (χ2v) is 6.70. The number of amides is 2. The Kier molecular flexibility index (Phi) is 7.41. The van der Waals surface area contributed by atoms with E-state index < -0.39 is 23.6 Å². The van der Waals surface area contributed by atoms with Crippen molar-refractivity contribution in [3.05, 3.63) is 23.2 Å². The molecule has 0 spiro atoms. The lowest BCUT2D eigenvalue weighted by Gasteiger charge is -2.24. The first-order valence-electron chi connectivity index (χ1n) is 7.53. The van der Waals surface area contributed by atoms with Gasteiger partial charge in [-0.3, -0.25) is 4.79 Å². The van der Waals surface area contributed by atoms with E-state index in [1.54, 1.807) is 39.0 Å². The maximum Gasteiger partial charge on any atom is 0.407 e. The van der Waals surface area contributed by atoms with Crippen LogP contribution < -0.4 is 21.3 Å². The summed E-state index contributed by atoms with van der Waals surface area (Å²) in [7, 11) is 5.71. The average molecular weight is 353 g/mol. The van der Waals surface area contributed by atoms with Crippen molar-refractivity contribution in [2.24, 2.45) is 5.73 Å². The van der Waals surface area contributed by atoms with E-state index in [9.17, 15) is 9.59 Å². The number of ether oxygens (including phenoxy) is 2. The number of carbonyl (C=O) groups is 2. The van der Waals surface area contributed by atoms with Crippen LogP contribution in [-0.4, -0.2) is 38.1 Å². The monoisotopic (exact) mass is 352 g/mol. The second-order valence-electron chi connectivity index (χ2n) is 6.32. The molecular weight excluding hydrogens is 330 g/mol. The first kappa shape index (κ1) is 20.2. The van der Waals surface area contributed by atoms with Crippen LogP contribution in [0, 0.1) is 0 Å². The molecule has 130 valence electrons. The molecule has 2 radical (unpaired) electrons. The van der Waals surface area contributed by atoms with Crippen LogP contribution in [0.5, 0.6) is 5.75 Å². The van der Waals surface area contributed by atoms with Gasteiger partial charge < -0.3 is 20.5 Å². The van der Waals surface area contributed by atoms with Crippen molar-refractivity contribution in [1.82, 2.24) is 5.32 Å². The molecule has 0 aliphatic heterocycles. The summed E-state index contributed by atoms with van der Waals surface area (Å²) in [5.74, 6) is -0.0697. The fourth-order valence-corrected chi connectivity index (χ4v) is 2.00. The molecular formula is C16H22BClN2O4. The number of hydrogen-bond donors (Lipinski definition) is 2. The molecule has 0 aliphatic rings. The highest BCUT2D eigenvalue weighted by atomic mass is 35.5. The van der Waals surface area contributed by atoms with Gasteiger partial charge in [-0.05, 0) is 33.3 Å². The minimum absolute atomic E-state index is 0.0930. The van der Waals surface area contributed by atoms with Gasteiger partial charge >= 0.3 is 6.09 Å². The van der Waals surface area contributed by atoms with E-state index in [0.717, 1.165) is 0 Å². The summed E-state index contributed by atoms with van der Waals surface area (Å²) < 4.78 is 10.8. The molecule has 1 aromatic rings. The molecule has 6 nitrogen and oxygen atoms in total. The third-order valence-electron chi connectivity index (χ3n) is 2.89. The fourth-order valence-electron chi connectivity index (χ4n) is 1.82. The van der Waals surface area contributed by atoms with Gasteiger partial charge in [-0.2, -0.15) is 0 Å². The highest BCUT2D eigenvalue weighted by molar-refractivity contribution is 6.45. The molecule has 0 saturated carbocycles. The van der Waals surface area contributed by atoms with Crippen molar-refractivity contribution in [2.75, 3.05) is 6.61 Å². The maximum atomic E-state index is 11.9. The van der Waals surface area contributed by atoms with E-state index in [1.807, 2.05) is 0 Å². The van der Waals surface area contributed by atoms with E-state index in [1.165, 1.54) is 0 Å². The van der Waals surface area contributed by atoms with Gasteiger partial charge in [-0.15, -0.1) is 0 Å². The van der Waals surface area contributed by atoms with Crippen LogP contribution in [-0.2, 0) is 9.53 Å². The smallest absolute Gasteiger partial charge is 0.407 e. The minimum atomic E-state index is -0.629. The summed E-state index contributed by atoms with van der Waals surface area (Å²) in [6, 6.07) is 4.55. The van der Waals surface area contributed by atoms with Crippen molar-refractivity contribution in [3.63, 3.8) is 0 Å². The zero-order valence-electron chi connectivity index (χ0n) is 14.1. The zero-order valence-corrected chi connectivity index (χ0v) is 14.9. The predicted octanol–water partition coefficient (Wildman–Crippen LogP) is 1.67. The molecule has 0 bridgehead atoms. The summed E-state index contributed by atoms with van der Waals surface area (Å²) in [5, 5.41) is 2.96. The predicted molar refractivity (Wildman–Crippen MR) is 93.9 cm³/mol. The highest BCUT2D eigenvalue weighted by Gasteiger charge is 2.20. The molecule has 8 heteroatoms. The molecule has 0 heterocycles. The average Bonchev–Trinajstić information content (AvgIpc) is 2.43. The molecule has 24 heavy (non-hydrogen) atoms. The number of nitrogens with one attached hydrogen (secondary N) is 1. The minimum Gasteiger partial charge on any atom is -0.490 e. The quantitative estimate of drug-likeness (QED) is 0.730. The van der Waals surface area contributed by atoms with Gasteiger partial charge in [0.2, 0.25) is 5.91 Å². The van der Waals surface area contributed by atoms with Crippen LogP contribution in [0.2, 0.25) is 5.02 Å². The van der Waals surface area contributed by atoms with Crippen LogP contribution in [0.15, 0.2) is 18.2 Å². The first-order valence-corrected chi connectivity index (χ1v) is 7.91. The largest absolute Gasteiger partial charge is 0.490 e. The Morgan fingerprint density at radius 2 is 2.04 bits per heavy atom. The lowest BCUT2D eigenvalue weighted by Crippen LogP contribution is -2.42. The normalized spacial score (nSPS) is 12.3. The van der Waals surface area contributed by atoms with Crippen molar-refractivity contribution in [1.29, 1.82) is 0 Å². The van der Waals surface area contributed by atoms with Crippen LogP contribution in [0.1, 0.15) is 33.6 Å². The third kappa shape index (κ3) is 7.59. The zero-order chi connectivity index (χ0) is 18.3. The molecule has 1 unspecified atom stereocenters. The number of alkyl carbamates (subject to hydrolysis) is 1. The van der Waals surface area contributed by atoms with Crippen molar-refractivity contribution < 1.29 is 19.1 Å². The van der Waals surface area contributed by atoms with Crippen LogP contribution in [0.3, 0.4) is 0 Å². The van der Waals surface area contributed by atoms with Crippen LogP contribution in [0.4, 0.5) is 4.79 Å². The molecule has 1 rings (SSSR count). The number of carbonyl (C=O) groups excluding carboxylic acids is 2. The summed E-state index contributed by atoms with van der Waals surface area (Å²) in [5.41, 5.74) is 4.93. The van der Waals surface area contributed by atoms with E-state index in [0.29, 0.717) is 22.7 Å². The van der Waals surface area contributed by atoms with Gasteiger partial charge in [0.1, 0.15) is 25.8 Å². The van der Waals surface area contributed by atoms with Gasteiger partial charge in [-0.1, -0.05) is 29.2 Å². The molecule has 1 atom stereocenters. The summed E-state index contributed by atoms with van der Waals surface area (Å²) in [4.78, 5) is 22.9. The number of halogens is 1. The van der Waals surface area contributed by atoms with E-state index in [-0.39, 0.29) is 13.0 Å². The number of rotatable bonds is 7. The Morgan fingerprint density at radius 3 is 2.62 bits per heavy atom. The summed E-state index contributed by atoms with van der Waals surface area (Å²) in [6.45, 7) is 5.37. The van der Waals surface area contributed by atoms with Crippen molar-refractivity contribution in [2.45, 2.75) is 45.3 Å². The molecule has 0 saturated heterocycles. The van der Waals surface area contributed by atoms with Gasteiger partial charge in [0.15, 0.2) is 0 Å². The molecule has 3 N–H and O–H groups in total. The van der Waals surface area contributed by atoms with Crippen molar-refractivity contribution >= 4 is 36.9 Å². The molecule has 2 amide bonds. The number of benzene rings is 1. The Morgan fingerprint density at radius 1 is 1.38 bits per heavy atom. The van der Waals surface area contributed by atoms with Gasteiger partial charge in [-0.25, -0.2) is 4.79 Å². The summed E-state index contributed by atoms with van der Waals surface area (Å²) >= 11 is 6.06. The Labute approximate surface area is 148 Å². The fraction of sp³-hybridized carbons (Fsp3) is 0.500. The van der Waals surface area contributed by atoms with Gasteiger partial charge in [0.05, 0.1) is 11.1 Å². The number of hydrogen-bond acceptors (Lipinski definition) is 4. The van der Waals surface area contributed by atoms with Crippen LogP contribution in [0.25, 0.3) is 0 Å². The van der Waals surface area contributed by atoms with Gasteiger partial charge in [0.25, 0.3) is 0 Å². The third-order valence-corrected chi connectivity index (χ3v) is 3.30. The Hall–Kier alpha value is -1.89. The highest BCUT2D eigenvalue weighted by Crippen LogP contribution is 2.21. The lowest BCUT2D eigenvalue weighted by atomic mass is 9.96. The molecule has 0 fully saturated rings. The molecule has 1 aromatic carbocycles. The van der Waals surface area contributed by atoms with E-state index >= 15 is 0 Å². The Balaban J connectivity index is 2.69. The Bertz CT molecular complexity index is 590. The molecule has 0 aliphatic carbocycles. The number of primary amides is 1. The van der Waals surface area contributed by atoms with Crippen molar-refractivity contribution in [3.8, 4) is 5.75 Å². The topological polar surface area (TPSA) is 90.6 Å². The van der Waals surface area contributed by atoms with E-state index in [4.69, 9.17) is 34.7 Å². The maximum absolute atomic E-state index is 11.9. The second kappa shape index (κ2) is 8.82. The number of nitrogens with two attached hydrogens (primary N) is 1. The SMILES string of the molecule is [B]c1cccc(OCC(CCC(N)=O)NC(=O)OC(C)(C)C)c1Cl.